The van der Waals surface area contributed by atoms with Gasteiger partial charge in [-0.05, 0) is 43.7 Å². The van der Waals surface area contributed by atoms with E-state index in [0.717, 1.165) is 17.5 Å². The summed E-state index contributed by atoms with van der Waals surface area (Å²) in [5, 5.41) is 0.970. The summed E-state index contributed by atoms with van der Waals surface area (Å²) in [6.07, 6.45) is 0. The topological polar surface area (TPSA) is 36.7 Å². The minimum Gasteiger partial charge on any atom is -0.451 e. The summed E-state index contributed by atoms with van der Waals surface area (Å²) in [6, 6.07) is 18.4. The molecule has 1 unspecified atom stereocenters. The second-order valence-electron chi connectivity index (χ2n) is 6.78. The van der Waals surface area contributed by atoms with Gasteiger partial charge in [0.1, 0.15) is 5.58 Å². The molecule has 128 valence electrons. The average Bonchev–Trinajstić information content (AvgIpc) is 3.05. The molecule has 0 saturated carbocycles. The third-order valence-electron chi connectivity index (χ3n) is 4.88. The molecule has 2 heterocycles. The molecular weight excluding hydrogens is 312 g/mol. The van der Waals surface area contributed by atoms with E-state index in [-0.39, 0.29) is 11.9 Å². The van der Waals surface area contributed by atoms with Crippen LogP contribution in [-0.4, -0.2) is 36.5 Å². The van der Waals surface area contributed by atoms with Crippen LogP contribution in [0.15, 0.2) is 59.0 Å². The molecule has 25 heavy (non-hydrogen) atoms. The van der Waals surface area contributed by atoms with Crippen molar-refractivity contribution < 1.29 is 9.21 Å². The summed E-state index contributed by atoms with van der Waals surface area (Å²) in [7, 11) is 0. The van der Waals surface area contributed by atoms with E-state index < -0.39 is 0 Å². The summed E-state index contributed by atoms with van der Waals surface area (Å²) in [5.74, 6) is 0.407. The Morgan fingerprint density at radius 2 is 1.92 bits per heavy atom. The fraction of sp³-hybridized carbons (Fsp3) is 0.286. The van der Waals surface area contributed by atoms with E-state index >= 15 is 0 Å². The number of aryl methyl sites for hydroxylation is 1. The molecule has 4 heteroatoms. The Balaban J connectivity index is 1.51. The molecule has 0 spiro atoms. The van der Waals surface area contributed by atoms with E-state index in [1.807, 2.05) is 35.2 Å². The van der Waals surface area contributed by atoms with Crippen molar-refractivity contribution in [2.24, 2.45) is 0 Å². The highest BCUT2D eigenvalue weighted by atomic mass is 16.3. The number of nitrogens with zero attached hydrogens (tertiary/aromatic N) is 2. The predicted octanol–water partition coefficient (Wildman–Crippen LogP) is 4.09. The Kier molecular flexibility index (Phi) is 3.96. The molecule has 1 aliphatic heterocycles. The first-order chi connectivity index (χ1) is 12.1. The number of rotatable bonds is 2. The first kappa shape index (κ1) is 15.8. The number of carbonyl (C=O) groups excluding carboxylic acids is 1. The van der Waals surface area contributed by atoms with Gasteiger partial charge in [-0.3, -0.25) is 4.79 Å². The lowest BCUT2D eigenvalue weighted by molar-refractivity contribution is 0.0696. The van der Waals surface area contributed by atoms with Crippen LogP contribution in [0.4, 0.5) is 5.69 Å². The number of fused-ring (bicyclic) bond motifs is 1. The predicted molar refractivity (Wildman–Crippen MR) is 100 cm³/mol. The van der Waals surface area contributed by atoms with E-state index in [1.54, 1.807) is 0 Å². The summed E-state index contributed by atoms with van der Waals surface area (Å²) < 4.78 is 5.74. The number of benzene rings is 2. The maximum Gasteiger partial charge on any atom is 0.289 e. The highest BCUT2D eigenvalue weighted by molar-refractivity contribution is 5.96. The summed E-state index contributed by atoms with van der Waals surface area (Å²) in [4.78, 5) is 17.1. The van der Waals surface area contributed by atoms with Gasteiger partial charge in [-0.2, -0.15) is 0 Å². The minimum absolute atomic E-state index is 0.0213. The molecular formula is C21H22N2O2. The molecule has 0 bridgehead atoms. The quantitative estimate of drug-likeness (QED) is 0.708. The third kappa shape index (κ3) is 3.00. The maximum atomic E-state index is 12.8. The van der Waals surface area contributed by atoms with Crippen molar-refractivity contribution in [2.45, 2.75) is 19.9 Å². The summed E-state index contributed by atoms with van der Waals surface area (Å²) in [5.41, 5.74) is 3.24. The first-order valence-electron chi connectivity index (χ1n) is 8.73. The van der Waals surface area contributed by atoms with Crippen LogP contribution >= 0.6 is 0 Å². The largest absolute Gasteiger partial charge is 0.451 e. The van der Waals surface area contributed by atoms with Crippen LogP contribution in [0.3, 0.4) is 0 Å². The fourth-order valence-electron chi connectivity index (χ4n) is 3.58. The number of para-hydroxylation sites is 1. The van der Waals surface area contributed by atoms with Crippen LogP contribution in [0.5, 0.6) is 0 Å². The minimum atomic E-state index is -0.0213. The van der Waals surface area contributed by atoms with E-state index in [9.17, 15) is 4.79 Å². The lowest BCUT2D eigenvalue weighted by Crippen LogP contribution is -2.53. The zero-order valence-electron chi connectivity index (χ0n) is 14.6. The molecule has 3 aromatic rings. The molecule has 2 aromatic carbocycles. The summed E-state index contributed by atoms with van der Waals surface area (Å²) >= 11 is 0. The van der Waals surface area contributed by atoms with Gasteiger partial charge in [0.15, 0.2) is 5.76 Å². The van der Waals surface area contributed by atoms with Gasteiger partial charge in [0.05, 0.1) is 0 Å². The number of hydrogen-bond donors (Lipinski definition) is 0. The van der Waals surface area contributed by atoms with Crippen LogP contribution in [0.1, 0.15) is 23.0 Å². The normalized spacial score (nSPS) is 17.9. The molecule has 0 radical (unpaired) electrons. The Labute approximate surface area is 147 Å². The van der Waals surface area contributed by atoms with Crippen LogP contribution in [0.25, 0.3) is 11.0 Å². The van der Waals surface area contributed by atoms with Crippen molar-refractivity contribution in [1.82, 2.24) is 4.90 Å². The molecule has 1 atom stereocenters. The van der Waals surface area contributed by atoms with E-state index in [1.165, 1.54) is 11.3 Å². The third-order valence-corrected chi connectivity index (χ3v) is 4.88. The number of piperazine rings is 1. The van der Waals surface area contributed by atoms with Crippen molar-refractivity contribution in [3.8, 4) is 0 Å². The number of amides is 1. The van der Waals surface area contributed by atoms with E-state index in [0.29, 0.717) is 18.8 Å². The van der Waals surface area contributed by atoms with Gasteiger partial charge in [-0.15, -0.1) is 0 Å². The molecule has 4 nitrogen and oxygen atoms in total. The van der Waals surface area contributed by atoms with Crippen LogP contribution in [0, 0.1) is 6.92 Å². The molecule has 1 amide bonds. The van der Waals surface area contributed by atoms with Gasteiger partial charge in [0.25, 0.3) is 5.91 Å². The van der Waals surface area contributed by atoms with Crippen molar-refractivity contribution in [3.05, 3.63) is 65.9 Å². The number of hydrogen-bond acceptors (Lipinski definition) is 3. The number of furan rings is 1. The smallest absolute Gasteiger partial charge is 0.289 e. The average molecular weight is 334 g/mol. The van der Waals surface area contributed by atoms with E-state index in [4.69, 9.17) is 4.42 Å². The fourth-order valence-corrected chi connectivity index (χ4v) is 3.58. The van der Waals surface area contributed by atoms with Gasteiger partial charge in [0.2, 0.25) is 0 Å². The molecule has 4 rings (SSSR count). The lowest BCUT2D eigenvalue weighted by atomic mass is 10.1. The Morgan fingerprint density at radius 3 is 2.68 bits per heavy atom. The van der Waals surface area contributed by atoms with Crippen molar-refractivity contribution in [3.63, 3.8) is 0 Å². The van der Waals surface area contributed by atoms with Gasteiger partial charge < -0.3 is 14.2 Å². The van der Waals surface area contributed by atoms with Gasteiger partial charge in [0, 0.05) is 36.7 Å². The molecule has 1 fully saturated rings. The Bertz CT molecular complexity index is 882. The summed E-state index contributed by atoms with van der Waals surface area (Å²) in [6.45, 7) is 6.50. The molecule has 1 aliphatic rings. The SMILES string of the molecule is Cc1cccc(N2CCN(C(=O)c3cc4ccccc4o3)CC2C)c1. The van der Waals surface area contributed by atoms with Crippen molar-refractivity contribution >= 4 is 22.6 Å². The van der Waals surface area contributed by atoms with Crippen LogP contribution in [-0.2, 0) is 0 Å². The second kappa shape index (κ2) is 6.28. The Hall–Kier alpha value is -2.75. The molecule has 1 saturated heterocycles. The van der Waals surface area contributed by atoms with Crippen LogP contribution < -0.4 is 4.90 Å². The van der Waals surface area contributed by atoms with Gasteiger partial charge in [-0.1, -0.05) is 30.3 Å². The molecule has 0 aliphatic carbocycles. The van der Waals surface area contributed by atoms with Crippen molar-refractivity contribution in [1.29, 1.82) is 0 Å². The highest BCUT2D eigenvalue weighted by Crippen LogP contribution is 2.24. The second-order valence-corrected chi connectivity index (χ2v) is 6.78. The number of carbonyl (C=O) groups is 1. The standard InChI is InChI=1S/C21H22N2O2/c1-15-6-5-8-18(12-15)23-11-10-22(14-16(23)2)21(24)20-13-17-7-3-4-9-19(17)25-20/h3-9,12-13,16H,10-11,14H2,1-2H3. The zero-order chi connectivity index (χ0) is 17.4. The Morgan fingerprint density at radius 1 is 1.08 bits per heavy atom. The van der Waals surface area contributed by atoms with E-state index in [2.05, 4.69) is 43.0 Å². The van der Waals surface area contributed by atoms with Crippen LogP contribution in [0.2, 0.25) is 0 Å². The maximum absolute atomic E-state index is 12.8. The molecule has 0 N–H and O–H groups in total. The highest BCUT2D eigenvalue weighted by Gasteiger charge is 2.29. The number of anilines is 1. The van der Waals surface area contributed by atoms with Gasteiger partial charge >= 0.3 is 0 Å². The zero-order valence-corrected chi connectivity index (χ0v) is 14.6. The first-order valence-corrected chi connectivity index (χ1v) is 8.73. The monoisotopic (exact) mass is 334 g/mol. The lowest BCUT2D eigenvalue weighted by Gasteiger charge is -2.41. The van der Waals surface area contributed by atoms with Crippen molar-refractivity contribution in [2.75, 3.05) is 24.5 Å². The molecule has 1 aromatic heterocycles. The van der Waals surface area contributed by atoms with Gasteiger partial charge in [-0.25, -0.2) is 0 Å².